The smallest absolute Gasteiger partial charge is 0.326 e. The molecule has 4 atom stereocenters. The molecule has 0 aromatic heterocycles. The van der Waals surface area contributed by atoms with E-state index in [0.717, 1.165) is 0 Å². The third-order valence-corrected chi connectivity index (χ3v) is 5.73. The van der Waals surface area contributed by atoms with Crippen LogP contribution in [0.25, 0.3) is 0 Å². The summed E-state index contributed by atoms with van der Waals surface area (Å²) in [5, 5.41) is 16.9. The van der Waals surface area contributed by atoms with E-state index in [1.165, 1.54) is 11.8 Å². The Labute approximate surface area is 215 Å². The zero-order valence-corrected chi connectivity index (χ0v) is 21.8. The third-order valence-electron chi connectivity index (χ3n) is 5.09. The molecule has 14 nitrogen and oxygen atoms in total. The molecule has 0 rings (SSSR count). The molecule has 0 aliphatic carbocycles. The van der Waals surface area contributed by atoms with Crippen LogP contribution < -0.4 is 38.9 Å². The Morgan fingerprint density at radius 3 is 1.94 bits per heavy atom. The van der Waals surface area contributed by atoms with Gasteiger partial charge in [0.25, 0.3) is 0 Å². The van der Waals surface area contributed by atoms with Crippen LogP contribution in [0.1, 0.15) is 46.0 Å². The summed E-state index contributed by atoms with van der Waals surface area (Å²) in [7, 11) is 0. The summed E-state index contributed by atoms with van der Waals surface area (Å²) >= 11 is 1.43. The van der Waals surface area contributed by atoms with Crippen LogP contribution in [0.5, 0.6) is 0 Å². The molecule has 4 unspecified atom stereocenters. The monoisotopic (exact) mass is 532 g/mol. The minimum Gasteiger partial charge on any atom is -0.480 e. The fourth-order valence-corrected chi connectivity index (χ4v) is 3.50. The van der Waals surface area contributed by atoms with Crippen molar-refractivity contribution in [3.05, 3.63) is 0 Å². The van der Waals surface area contributed by atoms with Gasteiger partial charge in [-0.2, -0.15) is 11.8 Å². The molecule has 0 heterocycles. The van der Waals surface area contributed by atoms with E-state index in [9.17, 15) is 29.1 Å². The number of rotatable bonds is 18. The number of nitrogens with one attached hydrogen (secondary N) is 3. The predicted octanol–water partition coefficient (Wildman–Crippen LogP) is -2.42. The average molecular weight is 533 g/mol. The van der Waals surface area contributed by atoms with Gasteiger partial charge >= 0.3 is 5.97 Å². The minimum atomic E-state index is -1.20. The first-order valence-corrected chi connectivity index (χ1v) is 12.9. The Bertz CT molecular complexity index is 790. The first-order valence-electron chi connectivity index (χ1n) is 11.5. The molecule has 4 amide bonds. The van der Waals surface area contributed by atoms with Crippen molar-refractivity contribution >= 4 is 47.3 Å². The number of carboxylic acid groups (broad SMARTS) is 1. The average Bonchev–Trinajstić information content (AvgIpc) is 2.78. The Morgan fingerprint density at radius 2 is 1.44 bits per heavy atom. The number of carbonyl (C=O) groups is 5. The highest BCUT2D eigenvalue weighted by Gasteiger charge is 2.31. The summed E-state index contributed by atoms with van der Waals surface area (Å²) in [6.45, 7) is 3.56. The van der Waals surface area contributed by atoms with E-state index in [4.69, 9.17) is 22.9 Å². The molecule has 0 aliphatic rings. The second kappa shape index (κ2) is 17.4. The van der Waals surface area contributed by atoms with Crippen LogP contribution in [0.15, 0.2) is 4.99 Å². The lowest BCUT2D eigenvalue weighted by Gasteiger charge is -2.26. The Hall–Kier alpha value is -3.07. The van der Waals surface area contributed by atoms with E-state index in [1.807, 2.05) is 6.26 Å². The second-order valence-corrected chi connectivity index (χ2v) is 9.52. The molecule has 15 heteroatoms. The topological polar surface area (TPSA) is 258 Å². The number of guanidine groups is 1. The number of aliphatic carboxylic acids is 1. The van der Waals surface area contributed by atoms with E-state index in [2.05, 4.69) is 20.9 Å². The lowest BCUT2D eigenvalue weighted by Crippen LogP contribution is -2.57. The molecular weight excluding hydrogens is 492 g/mol. The summed E-state index contributed by atoms with van der Waals surface area (Å²) in [4.78, 5) is 64.9. The van der Waals surface area contributed by atoms with Crippen LogP contribution in [0.2, 0.25) is 0 Å². The number of carbonyl (C=O) groups excluding carboxylic acids is 4. The zero-order valence-electron chi connectivity index (χ0n) is 21.0. The van der Waals surface area contributed by atoms with E-state index < -0.39 is 53.8 Å². The van der Waals surface area contributed by atoms with Crippen LogP contribution >= 0.6 is 11.8 Å². The van der Waals surface area contributed by atoms with Crippen molar-refractivity contribution in [2.24, 2.45) is 33.8 Å². The van der Waals surface area contributed by atoms with Crippen molar-refractivity contribution in [2.45, 2.75) is 70.1 Å². The van der Waals surface area contributed by atoms with Gasteiger partial charge < -0.3 is 44.0 Å². The molecule has 0 spiro atoms. The number of amides is 4. The number of hydrogen-bond acceptors (Lipinski definition) is 8. The van der Waals surface area contributed by atoms with E-state index >= 15 is 0 Å². The van der Waals surface area contributed by atoms with Crippen LogP contribution in [-0.4, -0.2) is 83.4 Å². The molecule has 0 aromatic carbocycles. The van der Waals surface area contributed by atoms with Gasteiger partial charge in [-0.15, -0.1) is 0 Å². The van der Waals surface area contributed by atoms with Crippen LogP contribution in [0.3, 0.4) is 0 Å². The van der Waals surface area contributed by atoms with Gasteiger partial charge in [-0.25, -0.2) is 4.79 Å². The van der Waals surface area contributed by atoms with Crippen LogP contribution in [0, 0.1) is 5.92 Å². The number of nitrogens with two attached hydrogens (primary N) is 4. The zero-order chi connectivity index (χ0) is 27.8. The maximum Gasteiger partial charge on any atom is 0.326 e. The van der Waals surface area contributed by atoms with Crippen molar-refractivity contribution < 1.29 is 29.1 Å². The molecule has 0 saturated carbocycles. The summed E-state index contributed by atoms with van der Waals surface area (Å²) in [5.74, 6) is -3.89. The number of aliphatic imine (C=N–C) groups is 1. The van der Waals surface area contributed by atoms with Gasteiger partial charge in [0.05, 0.1) is 6.04 Å². The van der Waals surface area contributed by atoms with Crippen molar-refractivity contribution in [1.82, 2.24) is 16.0 Å². The van der Waals surface area contributed by atoms with Gasteiger partial charge in [0.1, 0.15) is 18.1 Å². The van der Waals surface area contributed by atoms with Gasteiger partial charge in [0.2, 0.25) is 23.6 Å². The van der Waals surface area contributed by atoms with E-state index in [0.29, 0.717) is 12.2 Å². The predicted molar refractivity (Wildman–Crippen MR) is 138 cm³/mol. The number of hydrogen-bond donors (Lipinski definition) is 8. The Kier molecular flexibility index (Phi) is 15.9. The van der Waals surface area contributed by atoms with Crippen molar-refractivity contribution in [1.29, 1.82) is 0 Å². The van der Waals surface area contributed by atoms with E-state index in [1.54, 1.807) is 13.8 Å². The fraction of sp³-hybridized carbons (Fsp3) is 0.714. The molecular formula is C21H40N8O6S. The van der Waals surface area contributed by atoms with Crippen LogP contribution in [0.4, 0.5) is 0 Å². The maximum absolute atomic E-state index is 13.0. The number of thioether (sulfide) groups is 1. The van der Waals surface area contributed by atoms with Gasteiger partial charge in [0, 0.05) is 13.0 Å². The first kappa shape index (κ1) is 32.9. The fourth-order valence-electron chi connectivity index (χ4n) is 3.03. The van der Waals surface area contributed by atoms with Crippen molar-refractivity contribution in [3.63, 3.8) is 0 Å². The summed E-state index contributed by atoms with van der Waals surface area (Å²) in [5.41, 5.74) is 21.6. The molecule has 0 fully saturated rings. The number of primary amides is 1. The molecule has 12 N–H and O–H groups in total. The molecule has 0 bridgehead atoms. The quantitative estimate of drug-likeness (QED) is 0.0526. The lowest BCUT2D eigenvalue weighted by atomic mass is 10.0. The number of nitrogens with zero attached hydrogens (tertiary/aromatic N) is 1. The molecule has 0 radical (unpaired) electrons. The molecule has 0 aliphatic heterocycles. The first-order chi connectivity index (χ1) is 16.8. The summed E-state index contributed by atoms with van der Waals surface area (Å²) in [6, 6.07) is -4.37. The maximum atomic E-state index is 13.0. The summed E-state index contributed by atoms with van der Waals surface area (Å²) in [6.07, 6.45) is 2.36. The standard InChI is InChI=1S/C21H40N8O6S/c1-11(2)16(20(34)35)29-19(33)14(8-10-36-3)28-18(32)13(6-7-15(23)30)27-17(31)12(22)5-4-9-26-21(24)25/h11-14,16H,4-10,22H2,1-3H3,(H2,23,30)(H,27,31)(H,28,32)(H,29,33)(H,34,35)(H4,24,25,26). The molecule has 0 aromatic rings. The largest absolute Gasteiger partial charge is 0.480 e. The van der Waals surface area contributed by atoms with Gasteiger partial charge in [-0.05, 0) is 43.6 Å². The van der Waals surface area contributed by atoms with Crippen molar-refractivity contribution in [2.75, 3.05) is 18.6 Å². The van der Waals surface area contributed by atoms with E-state index in [-0.39, 0.29) is 44.1 Å². The number of carboxylic acids is 1. The third kappa shape index (κ3) is 13.7. The van der Waals surface area contributed by atoms with Crippen molar-refractivity contribution in [3.8, 4) is 0 Å². The van der Waals surface area contributed by atoms with Crippen LogP contribution in [-0.2, 0) is 24.0 Å². The second-order valence-electron chi connectivity index (χ2n) is 8.53. The molecule has 206 valence electrons. The lowest BCUT2D eigenvalue weighted by molar-refractivity contribution is -0.143. The Balaban J connectivity index is 5.43. The molecule has 36 heavy (non-hydrogen) atoms. The normalized spacial score (nSPS) is 14.1. The minimum absolute atomic E-state index is 0.0839. The highest BCUT2D eigenvalue weighted by atomic mass is 32.2. The Morgan fingerprint density at radius 1 is 0.889 bits per heavy atom. The van der Waals surface area contributed by atoms with Gasteiger partial charge in [0.15, 0.2) is 5.96 Å². The van der Waals surface area contributed by atoms with Gasteiger partial charge in [-0.1, -0.05) is 13.8 Å². The SMILES string of the molecule is CSCCC(NC(=O)C(CCC(N)=O)NC(=O)C(N)CCCN=C(N)N)C(=O)NC(C(=O)O)C(C)C. The van der Waals surface area contributed by atoms with Gasteiger partial charge in [-0.3, -0.25) is 24.2 Å². The molecule has 0 saturated heterocycles. The summed E-state index contributed by atoms with van der Waals surface area (Å²) < 4.78 is 0. The highest BCUT2D eigenvalue weighted by molar-refractivity contribution is 7.98. The highest BCUT2D eigenvalue weighted by Crippen LogP contribution is 2.07.